The van der Waals surface area contributed by atoms with E-state index in [1.54, 1.807) is 0 Å². The zero-order valence-corrected chi connectivity index (χ0v) is 10.1. The average molecular weight is 254 g/mol. The molecule has 0 aliphatic carbocycles. The SMILES string of the molecule is CN1CCN(Nc2cc(F)ccc2[N+](=O)[O-])CC1. The summed E-state index contributed by atoms with van der Waals surface area (Å²) in [6.45, 7) is 3.22. The Morgan fingerprint density at radius 3 is 2.61 bits per heavy atom. The third-order valence-electron chi connectivity index (χ3n) is 2.94. The Morgan fingerprint density at radius 1 is 1.33 bits per heavy atom. The van der Waals surface area contributed by atoms with Crippen LogP contribution in [0.5, 0.6) is 0 Å². The topological polar surface area (TPSA) is 61.6 Å². The molecule has 0 atom stereocenters. The van der Waals surface area contributed by atoms with Crippen molar-refractivity contribution in [3.63, 3.8) is 0 Å². The van der Waals surface area contributed by atoms with Crippen LogP contribution in [0.15, 0.2) is 18.2 Å². The number of nitro groups is 1. The van der Waals surface area contributed by atoms with E-state index in [2.05, 4.69) is 10.3 Å². The van der Waals surface area contributed by atoms with Crippen molar-refractivity contribution in [2.45, 2.75) is 0 Å². The quantitative estimate of drug-likeness (QED) is 0.651. The summed E-state index contributed by atoms with van der Waals surface area (Å²) in [4.78, 5) is 12.5. The normalized spacial score (nSPS) is 17.7. The summed E-state index contributed by atoms with van der Waals surface area (Å²) in [6, 6.07) is 3.41. The maximum atomic E-state index is 13.1. The summed E-state index contributed by atoms with van der Waals surface area (Å²) in [6.07, 6.45) is 0. The molecule has 1 aromatic carbocycles. The minimum atomic E-state index is -0.516. The highest BCUT2D eigenvalue weighted by molar-refractivity contribution is 5.60. The Labute approximate surface area is 104 Å². The molecular weight excluding hydrogens is 239 g/mol. The minimum Gasteiger partial charge on any atom is -0.313 e. The van der Waals surface area contributed by atoms with Crippen molar-refractivity contribution >= 4 is 11.4 Å². The fourth-order valence-corrected chi connectivity index (χ4v) is 1.85. The first-order chi connectivity index (χ1) is 8.56. The zero-order valence-electron chi connectivity index (χ0n) is 10.1. The maximum absolute atomic E-state index is 13.1. The van der Waals surface area contributed by atoms with Gasteiger partial charge >= 0.3 is 0 Å². The molecule has 1 heterocycles. The Bertz CT molecular complexity index is 447. The van der Waals surface area contributed by atoms with E-state index in [1.807, 2.05) is 12.1 Å². The molecule has 1 aliphatic heterocycles. The van der Waals surface area contributed by atoms with Crippen LogP contribution in [0.1, 0.15) is 0 Å². The number of hydrogen-bond acceptors (Lipinski definition) is 5. The number of rotatable bonds is 3. The number of piperazine rings is 1. The molecule has 18 heavy (non-hydrogen) atoms. The molecule has 6 nitrogen and oxygen atoms in total. The predicted octanol–water partition coefficient (Wildman–Crippen LogP) is 1.31. The number of likely N-dealkylation sites (N-methyl/N-ethyl adjacent to an activating group) is 1. The number of nitrogens with zero attached hydrogens (tertiary/aromatic N) is 3. The molecule has 1 saturated heterocycles. The summed E-state index contributed by atoms with van der Waals surface area (Å²) >= 11 is 0. The lowest BCUT2D eigenvalue weighted by molar-refractivity contribution is -0.384. The molecule has 1 N–H and O–H groups in total. The molecule has 1 aliphatic rings. The summed E-state index contributed by atoms with van der Waals surface area (Å²) in [5.41, 5.74) is 3.00. The van der Waals surface area contributed by atoms with E-state index >= 15 is 0 Å². The summed E-state index contributed by atoms with van der Waals surface area (Å²) < 4.78 is 13.1. The summed E-state index contributed by atoms with van der Waals surface area (Å²) in [7, 11) is 2.02. The molecule has 2 rings (SSSR count). The molecule has 0 amide bonds. The van der Waals surface area contributed by atoms with Gasteiger partial charge in [-0.2, -0.15) is 0 Å². The first kappa shape index (κ1) is 12.7. The van der Waals surface area contributed by atoms with Crippen LogP contribution in [-0.4, -0.2) is 48.1 Å². The smallest absolute Gasteiger partial charge is 0.293 e. The lowest BCUT2D eigenvalue weighted by Gasteiger charge is -2.32. The second-order valence-electron chi connectivity index (χ2n) is 4.32. The summed E-state index contributed by atoms with van der Waals surface area (Å²) in [5, 5.41) is 12.7. The zero-order chi connectivity index (χ0) is 13.1. The number of halogens is 1. The van der Waals surface area contributed by atoms with E-state index < -0.39 is 10.7 Å². The van der Waals surface area contributed by atoms with Crippen LogP contribution in [0.2, 0.25) is 0 Å². The number of hydrazine groups is 1. The van der Waals surface area contributed by atoms with Gasteiger partial charge in [-0.05, 0) is 13.1 Å². The predicted molar refractivity (Wildman–Crippen MR) is 65.7 cm³/mol. The molecule has 0 aromatic heterocycles. The van der Waals surface area contributed by atoms with Crippen molar-refractivity contribution in [3.8, 4) is 0 Å². The fourth-order valence-electron chi connectivity index (χ4n) is 1.85. The average Bonchev–Trinajstić information content (AvgIpc) is 2.32. The van der Waals surface area contributed by atoms with Gasteiger partial charge in [-0.1, -0.05) is 0 Å². The Kier molecular flexibility index (Phi) is 3.73. The third-order valence-corrected chi connectivity index (χ3v) is 2.94. The molecule has 0 unspecified atom stereocenters. The molecule has 0 saturated carbocycles. The van der Waals surface area contributed by atoms with Gasteiger partial charge in [0.05, 0.1) is 4.92 Å². The van der Waals surface area contributed by atoms with Crippen molar-refractivity contribution in [1.82, 2.24) is 9.91 Å². The molecular formula is C11H15FN4O2. The number of nitrogens with one attached hydrogen (secondary N) is 1. The van der Waals surface area contributed by atoms with E-state index in [0.29, 0.717) is 0 Å². The van der Waals surface area contributed by atoms with E-state index in [0.717, 1.165) is 38.3 Å². The lowest BCUT2D eigenvalue weighted by Crippen LogP contribution is -2.47. The molecule has 0 radical (unpaired) electrons. The molecule has 0 bridgehead atoms. The van der Waals surface area contributed by atoms with Crippen molar-refractivity contribution in [3.05, 3.63) is 34.1 Å². The highest BCUT2D eigenvalue weighted by atomic mass is 19.1. The Morgan fingerprint density at radius 2 is 2.00 bits per heavy atom. The molecule has 7 heteroatoms. The minimum absolute atomic E-state index is 0.115. The molecule has 0 spiro atoms. The highest BCUT2D eigenvalue weighted by Gasteiger charge is 2.19. The van der Waals surface area contributed by atoms with E-state index in [4.69, 9.17) is 0 Å². The van der Waals surface area contributed by atoms with Crippen LogP contribution < -0.4 is 5.43 Å². The van der Waals surface area contributed by atoms with E-state index in [-0.39, 0.29) is 11.4 Å². The standard InChI is InChI=1S/C11H15FN4O2/c1-14-4-6-15(7-5-14)13-10-8-9(12)2-3-11(10)16(17)18/h2-3,8,13H,4-7H2,1H3. The van der Waals surface area contributed by atoms with E-state index in [1.165, 1.54) is 6.07 Å². The van der Waals surface area contributed by atoms with Crippen LogP contribution in [0.3, 0.4) is 0 Å². The van der Waals surface area contributed by atoms with Gasteiger partial charge in [-0.15, -0.1) is 0 Å². The van der Waals surface area contributed by atoms with Crippen LogP contribution in [0, 0.1) is 15.9 Å². The molecule has 1 fully saturated rings. The van der Waals surface area contributed by atoms with Gasteiger partial charge in [-0.3, -0.25) is 10.1 Å². The van der Waals surface area contributed by atoms with Crippen LogP contribution in [0.25, 0.3) is 0 Å². The number of nitro benzene ring substituents is 1. The number of benzene rings is 1. The largest absolute Gasteiger partial charge is 0.313 e. The third kappa shape index (κ3) is 2.93. The van der Waals surface area contributed by atoms with Gasteiger partial charge in [0.1, 0.15) is 11.5 Å². The van der Waals surface area contributed by atoms with Crippen molar-refractivity contribution in [2.75, 3.05) is 38.7 Å². The number of hydrogen-bond donors (Lipinski definition) is 1. The van der Waals surface area contributed by atoms with Gasteiger partial charge in [0.2, 0.25) is 0 Å². The monoisotopic (exact) mass is 254 g/mol. The van der Waals surface area contributed by atoms with Gasteiger partial charge in [0, 0.05) is 38.3 Å². The van der Waals surface area contributed by atoms with E-state index in [9.17, 15) is 14.5 Å². The van der Waals surface area contributed by atoms with Gasteiger partial charge in [0.15, 0.2) is 0 Å². The van der Waals surface area contributed by atoms with Crippen LogP contribution in [-0.2, 0) is 0 Å². The van der Waals surface area contributed by atoms with Gasteiger partial charge < -0.3 is 10.3 Å². The number of anilines is 1. The molecule has 1 aromatic rings. The molecule has 98 valence electrons. The van der Waals surface area contributed by atoms with Gasteiger partial charge in [-0.25, -0.2) is 9.40 Å². The van der Waals surface area contributed by atoms with Crippen molar-refractivity contribution in [1.29, 1.82) is 0 Å². The first-order valence-electron chi connectivity index (χ1n) is 5.70. The summed E-state index contributed by atoms with van der Waals surface area (Å²) in [5.74, 6) is -0.489. The second kappa shape index (κ2) is 5.28. The first-order valence-corrected chi connectivity index (χ1v) is 5.70. The lowest BCUT2D eigenvalue weighted by atomic mass is 10.2. The highest BCUT2D eigenvalue weighted by Crippen LogP contribution is 2.25. The van der Waals surface area contributed by atoms with Crippen molar-refractivity contribution < 1.29 is 9.31 Å². The Hall–Kier alpha value is -1.73. The Balaban J connectivity index is 2.12. The second-order valence-corrected chi connectivity index (χ2v) is 4.32. The van der Waals surface area contributed by atoms with Crippen LogP contribution >= 0.6 is 0 Å². The van der Waals surface area contributed by atoms with Crippen LogP contribution in [0.4, 0.5) is 15.8 Å². The maximum Gasteiger partial charge on any atom is 0.293 e. The van der Waals surface area contributed by atoms with Gasteiger partial charge in [0.25, 0.3) is 5.69 Å². The fraction of sp³-hybridized carbons (Fsp3) is 0.455. The van der Waals surface area contributed by atoms with Crippen molar-refractivity contribution in [2.24, 2.45) is 0 Å².